The lowest BCUT2D eigenvalue weighted by Crippen LogP contribution is -2.15. The fourth-order valence-electron chi connectivity index (χ4n) is 7.80. The molecule has 0 spiro atoms. The van der Waals surface area contributed by atoms with Crippen molar-refractivity contribution in [2.24, 2.45) is 0 Å². The minimum Gasteiger partial charge on any atom is -0.0616 e. The summed E-state index contributed by atoms with van der Waals surface area (Å²) in [6.07, 6.45) is 0. The van der Waals surface area contributed by atoms with Gasteiger partial charge >= 0.3 is 0 Å². The van der Waals surface area contributed by atoms with Gasteiger partial charge in [0.15, 0.2) is 0 Å². The van der Waals surface area contributed by atoms with Crippen LogP contribution in [0.2, 0.25) is 0 Å². The standard InChI is InChI=1S/C43H30/c1-43(2)40-26-30(27-18-20-29(21-19-27)32-17-9-11-28-10-3-4-12-31(28)32)22-23-36(40)39-25-24-38-35-15-6-5-13-33(35)34-14-7-8-16-37(34)41(38)42(39)43/h3-26H,1-2H3. The average molecular weight is 547 g/mol. The topological polar surface area (TPSA) is 0 Å². The van der Waals surface area contributed by atoms with Gasteiger partial charge in [0.2, 0.25) is 0 Å². The van der Waals surface area contributed by atoms with Crippen LogP contribution in [0.3, 0.4) is 0 Å². The number of hydrogen-bond acceptors (Lipinski definition) is 0. The van der Waals surface area contributed by atoms with E-state index in [0.717, 1.165) is 0 Å². The van der Waals surface area contributed by atoms with Gasteiger partial charge in [-0.3, -0.25) is 0 Å². The molecule has 8 aromatic rings. The predicted molar refractivity (Wildman–Crippen MR) is 185 cm³/mol. The molecule has 0 saturated carbocycles. The fourth-order valence-corrected chi connectivity index (χ4v) is 7.80. The summed E-state index contributed by atoms with van der Waals surface area (Å²) in [6, 6.07) is 54.0. The first-order chi connectivity index (χ1) is 21.1. The Kier molecular flexibility index (Phi) is 5.05. The molecule has 0 N–H and O–H groups in total. The van der Waals surface area contributed by atoms with Crippen LogP contribution in [0.25, 0.3) is 76.5 Å². The van der Waals surface area contributed by atoms with E-state index in [-0.39, 0.29) is 5.41 Å². The lowest BCUT2D eigenvalue weighted by Gasteiger charge is -2.25. The maximum Gasteiger partial charge on any atom is 0.0165 e. The average Bonchev–Trinajstić information content (AvgIpc) is 3.30. The first-order valence-electron chi connectivity index (χ1n) is 15.2. The zero-order chi connectivity index (χ0) is 28.7. The summed E-state index contributed by atoms with van der Waals surface area (Å²) < 4.78 is 0. The van der Waals surface area contributed by atoms with Gasteiger partial charge in [-0.2, -0.15) is 0 Å². The molecule has 0 fully saturated rings. The summed E-state index contributed by atoms with van der Waals surface area (Å²) in [4.78, 5) is 0. The highest BCUT2D eigenvalue weighted by Gasteiger charge is 2.37. The molecule has 0 nitrogen and oxygen atoms in total. The van der Waals surface area contributed by atoms with Gasteiger partial charge in [-0.05, 0) is 93.7 Å². The van der Waals surface area contributed by atoms with Crippen LogP contribution in [0.4, 0.5) is 0 Å². The van der Waals surface area contributed by atoms with Crippen molar-refractivity contribution in [1.82, 2.24) is 0 Å². The quantitative estimate of drug-likeness (QED) is 0.189. The molecule has 0 amide bonds. The zero-order valence-corrected chi connectivity index (χ0v) is 24.4. The molecule has 9 rings (SSSR count). The molecule has 1 aliphatic carbocycles. The Morgan fingerprint density at radius 2 is 0.907 bits per heavy atom. The second-order valence-electron chi connectivity index (χ2n) is 12.5. The predicted octanol–water partition coefficient (Wildman–Crippen LogP) is 11.9. The number of hydrogen-bond donors (Lipinski definition) is 0. The van der Waals surface area contributed by atoms with Crippen LogP contribution >= 0.6 is 0 Å². The van der Waals surface area contributed by atoms with E-state index in [1.165, 1.54) is 87.6 Å². The van der Waals surface area contributed by atoms with Gasteiger partial charge in [0.1, 0.15) is 0 Å². The second-order valence-corrected chi connectivity index (χ2v) is 12.5. The molecule has 0 aliphatic heterocycles. The fraction of sp³-hybridized carbons (Fsp3) is 0.0698. The van der Waals surface area contributed by atoms with Crippen molar-refractivity contribution in [3.63, 3.8) is 0 Å². The van der Waals surface area contributed by atoms with Crippen molar-refractivity contribution >= 4 is 43.1 Å². The molecule has 1 aliphatic rings. The lowest BCUT2D eigenvalue weighted by atomic mass is 9.78. The maximum atomic E-state index is 2.44. The minimum absolute atomic E-state index is 0.131. The normalized spacial score (nSPS) is 13.5. The third kappa shape index (κ3) is 3.44. The summed E-state index contributed by atoms with van der Waals surface area (Å²) in [6.45, 7) is 4.82. The van der Waals surface area contributed by atoms with E-state index in [0.29, 0.717) is 0 Å². The van der Waals surface area contributed by atoms with Gasteiger partial charge in [0, 0.05) is 5.41 Å². The third-order valence-corrected chi connectivity index (χ3v) is 9.84. The second kappa shape index (κ2) is 8.90. The Bertz CT molecular complexity index is 2360. The molecular formula is C43H30. The number of fused-ring (bicyclic) bond motifs is 11. The highest BCUT2D eigenvalue weighted by Crippen LogP contribution is 2.54. The van der Waals surface area contributed by atoms with Gasteiger partial charge in [-0.25, -0.2) is 0 Å². The molecule has 0 heterocycles. The molecule has 0 radical (unpaired) electrons. The number of benzene rings is 8. The Morgan fingerprint density at radius 3 is 1.65 bits per heavy atom. The van der Waals surface area contributed by atoms with E-state index < -0.39 is 0 Å². The van der Waals surface area contributed by atoms with Gasteiger partial charge in [0.05, 0.1) is 0 Å². The van der Waals surface area contributed by atoms with Gasteiger partial charge in [-0.1, -0.05) is 153 Å². The molecule has 43 heavy (non-hydrogen) atoms. The summed E-state index contributed by atoms with van der Waals surface area (Å²) in [5, 5.41) is 10.6. The van der Waals surface area contributed by atoms with Gasteiger partial charge in [-0.15, -0.1) is 0 Å². The lowest BCUT2D eigenvalue weighted by molar-refractivity contribution is 0.667. The van der Waals surface area contributed by atoms with Crippen molar-refractivity contribution in [3.05, 3.63) is 157 Å². The van der Waals surface area contributed by atoms with E-state index in [4.69, 9.17) is 0 Å². The van der Waals surface area contributed by atoms with Crippen molar-refractivity contribution < 1.29 is 0 Å². The molecule has 202 valence electrons. The van der Waals surface area contributed by atoms with Crippen LogP contribution in [0.1, 0.15) is 25.0 Å². The summed E-state index contributed by atoms with van der Waals surface area (Å²) in [5.41, 5.74) is 10.5. The van der Waals surface area contributed by atoms with Crippen LogP contribution in [-0.2, 0) is 5.41 Å². The van der Waals surface area contributed by atoms with E-state index in [1.807, 2.05) is 0 Å². The Hall–Kier alpha value is -5.20. The molecule has 8 aromatic carbocycles. The maximum absolute atomic E-state index is 2.44. The van der Waals surface area contributed by atoms with Crippen molar-refractivity contribution in [3.8, 4) is 33.4 Å². The molecule has 0 saturated heterocycles. The Morgan fingerprint density at radius 1 is 0.372 bits per heavy atom. The van der Waals surface area contributed by atoms with Crippen LogP contribution in [-0.4, -0.2) is 0 Å². The van der Waals surface area contributed by atoms with Crippen molar-refractivity contribution in [2.75, 3.05) is 0 Å². The smallest absolute Gasteiger partial charge is 0.0165 e. The van der Waals surface area contributed by atoms with E-state index in [9.17, 15) is 0 Å². The van der Waals surface area contributed by atoms with Crippen molar-refractivity contribution in [1.29, 1.82) is 0 Å². The summed E-state index contributed by atoms with van der Waals surface area (Å²) >= 11 is 0. The highest BCUT2D eigenvalue weighted by molar-refractivity contribution is 6.27. The first-order valence-corrected chi connectivity index (χ1v) is 15.2. The minimum atomic E-state index is -0.131. The Balaban J connectivity index is 1.20. The third-order valence-electron chi connectivity index (χ3n) is 9.84. The SMILES string of the molecule is CC1(C)c2cc(-c3ccc(-c4cccc5ccccc45)cc3)ccc2-c2ccc3c4ccccc4c4ccccc4c3c21. The van der Waals surface area contributed by atoms with Gasteiger partial charge < -0.3 is 0 Å². The van der Waals surface area contributed by atoms with E-state index in [2.05, 4.69) is 159 Å². The van der Waals surface area contributed by atoms with Gasteiger partial charge in [0.25, 0.3) is 0 Å². The summed E-state index contributed by atoms with van der Waals surface area (Å²) in [5.74, 6) is 0. The van der Waals surface area contributed by atoms with E-state index in [1.54, 1.807) is 0 Å². The molecule has 0 aromatic heterocycles. The zero-order valence-electron chi connectivity index (χ0n) is 24.4. The molecule has 0 unspecified atom stereocenters. The first kappa shape index (κ1) is 24.4. The number of rotatable bonds is 2. The Labute approximate surface area is 251 Å². The largest absolute Gasteiger partial charge is 0.0616 e. The monoisotopic (exact) mass is 546 g/mol. The van der Waals surface area contributed by atoms with E-state index >= 15 is 0 Å². The summed E-state index contributed by atoms with van der Waals surface area (Å²) in [7, 11) is 0. The molecule has 0 bridgehead atoms. The van der Waals surface area contributed by atoms with Crippen LogP contribution in [0, 0.1) is 0 Å². The van der Waals surface area contributed by atoms with Crippen LogP contribution in [0.5, 0.6) is 0 Å². The van der Waals surface area contributed by atoms with Crippen LogP contribution < -0.4 is 0 Å². The molecule has 0 atom stereocenters. The van der Waals surface area contributed by atoms with Crippen molar-refractivity contribution in [2.45, 2.75) is 19.3 Å². The highest BCUT2D eigenvalue weighted by atomic mass is 14.4. The molecule has 0 heteroatoms. The molecular weight excluding hydrogens is 516 g/mol. The van der Waals surface area contributed by atoms with Crippen LogP contribution in [0.15, 0.2) is 146 Å².